The van der Waals surface area contributed by atoms with Gasteiger partial charge >= 0.3 is 12.0 Å². The van der Waals surface area contributed by atoms with Gasteiger partial charge in [0.15, 0.2) is 0 Å². The molecule has 0 saturated heterocycles. The first-order valence-electron chi connectivity index (χ1n) is 6.31. The Balaban J connectivity index is 2.21. The van der Waals surface area contributed by atoms with Crippen LogP contribution in [0.4, 0.5) is 4.79 Å². The lowest BCUT2D eigenvalue weighted by Crippen LogP contribution is -2.24. The number of urea groups is 1. The van der Waals surface area contributed by atoms with Gasteiger partial charge in [0.25, 0.3) is 0 Å². The Morgan fingerprint density at radius 3 is 2.57 bits per heavy atom. The normalized spacial score (nSPS) is 10.5. The molecule has 2 rings (SSSR count). The van der Waals surface area contributed by atoms with Crippen molar-refractivity contribution in [3.05, 3.63) is 63.1 Å². The number of esters is 1. The summed E-state index contributed by atoms with van der Waals surface area (Å²) in [5.41, 5.74) is 7.83. The van der Waals surface area contributed by atoms with Gasteiger partial charge in [-0.1, -0.05) is 27.5 Å². The van der Waals surface area contributed by atoms with Gasteiger partial charge in [-0.05, 0) is 42.5 Å². The van der Waals surface area contributed by atoms with Gasteiger partial charge in [0, 0.05) is 15.1 Å². The summed E-state index contributed by atoms with van der Waals surface area (Å²) in [7, 11) is 0. The van der Waals surface area contributed by atoms with Crippen LogP contribution in [0.25, 0.3) is 0 Å². The highest BCUT2D eigenvalue weighted by atomic mass is 79.9. The Labute approximate surface area is 145 Å². The Kier molecular flexibility index (Phi) is 5.72. The third kappa shape index (κ3) is 5.08. The molecule has 2 aromatic carbocycles. The van der Waals surface area contributed by atoms with E-state index in [0.29, 0.717) is 16.1 Å². The van der Waals surface area contributed by atoms with Gasteiger partial charge in [0.2, 0.25) is 0 Å². The number of halogens is 2. The first kappa shape index (κ1) is 17.0. The monoisotopic (exact) mass is 395 g/mol. The van der Waals surface area contributed by atoms with Crippen molar-refractivity contribution in [1.82, 2.24) is 5.43 Å². The number of nitrogens with two attached hydrogens (primary N) is 1. The first-order chi connectivity index (χ1) is 11.0. The fraction of sp³-hybridized carbons (Fsp3) is 0. The molecular formula is C15H11BrClN3O3. The van der Waals surface area contributed by atoms with Crippen LogP contribution in [0.3, 0.4) is 0 Å². The van der Waals surface area contributed by atoms with Gasteiger partial charge < -0.3 is 10.5 Å². The van der Waals surface area contributed by atoms with E-state index in [1.807, 2.05) is 0 Å². The van der Waals surface area contributed by atoms with Crippen LogP contribution in [-0.4, -0.2) is 18.2 Å². The second-order valence-corrected chi connectivity index (χ2v) is 5.66. The molecule has 0 spiro atoms. The summed E-state index contributed by atoms with van der Waals surface area (Å²) in [6.07, 6.45) is 1.32. The zero-order chi connectivity index (χ0) is 16.8. The highest BCUT2D eigenvalue weighted by molar-refractivity contribution is 9.10. The van der Waals surface area contributed by atoms with Crippen LogP contribution in [0.5, 0.6) is 5.75 Å². The quantitative estimate of drug-likeness (QED) is 0.359. The minimum absolute atomic E-state index is 0.281. The standard InChI is InChI=1S/C15H11BrClN3O3/c16-11-3-6-13(10(7-11)8-19-20-15(18)22)23-14(21)9-1-4-12(17)5-2-9/h1-8H,(H3,18,20,22). The molecule has 23 heavy (non-hydrogen) atoms. The predicted octanol–water partition coefficient (Wildman–Crippen LogP) is 3.32. The van der Waals surface area contributed by atoms with E-state index in [1.165, 1.54) is 6.21 Å². The molecule has 0 bridgehead atoms. The molecule has 0 aliphatic rings. The SMILES string of the molecule is NC(=O)NN=Cc1cc(Br)ccc1OC(=O)c1ccc(Cl)cc1. The molecule has 8 heteroatoms. The fourth-order valence-corrected chi connectivity index (χ4v) is 2.13. The summed E-state index contributed by atoms with van der Waals surface area (Å²) in [5, 5.41) is 4.18. The third-order valence-electron chi connectivity index (χ3n) is 2.63. The Morgan fingerprint density at radius 2 is 1.91 bits per heavy atom. The van der Waals surface area contributed by atoms with Crippen LogP contribution >= 0.6 is 27.5 Å². The molecular weight excluding hydrogens is 386 g/mol. The zero-order valence-corrected chi connectivity index (χ0v) is 14.0. The van der Waals surface area contributed by atoms with E-state index < -0.39 is 12.0 Å². The highest BCUT2D eigenvalue weighted by Gasteiger charge is 2.11. The number of ether oxygens (including phenoxy) is 1. The number of carbonyl (C=O) groups is 2. The van der Waals surface area contributed by atoms with Crippen molar-refractivity contribution < 1.29 is 14.3 Å². The molecule has 0 unspecified atom stereocenters. The van der Waals surface area contributed by atoms with E-state index in [9.17, 15) is 9.59 Å². The number of carbonyl (C=O) groups excluding carboxylic acids is 2. The molecule has 0 saturated carbocycles. The predicted molar refractivity (Wildman–Crippen MR) is 90.9 cm³/mol. The number of hydrogen-bond acceptors (Lipinski definition) is 4. The molecule has 6 nitrogen and oxygen atoms in total. The number of primary amides is 1. The molecule has 0 heterocycles. The van der Waals surface area contributed by atoms with Crippen LogP contribution in [0, 0.1) is 0 Å². The van der Waals surface area contributed by atoms with E-state index in [2.05, 4.69) is 26.5 Å². The summed E-state index contributed by atoms with van der Waals surface area (Å²) in [5.74, 6) is -0.260. The van der Waals surface area contributed by atoms with Gasteiger partial charge in [0.05, 0.1) is 11.8 Å². The molecule has 0 atom stereocenters. The lowest BCUT2D eigenvalue weighted by atomic mass is 10.2. The molecule has 0 fully saturated rings. The third-order valence-corrected chi connectivity index (χ3v) is 3.38. The van der Waals surface area contributed by atoms with Crippen molar-refractivity contribution in [1.29, 1.82) is 0 Å². The van der Waals surface area contributed by atoms with Crippen molar-refractivity contribution in [2.24, 2.45) is 10.8 Å². The van der Waals surface area contributed by atoms with Crippen molar-refractivity contribution in [2.75, 3.05) is 0 Å². The number of hydrogen-bond donors (Lipinski definition) is 2. The smallest absolute Gasteiger partial charge is 0.343 e. The summed E-state index contributed by atoms with van der Waals surface area (Å²) in [6.45, 7) is 0. The lowest BCUT2D eigenvalue weighted by molar-refractivity contribution is 0.0734. The van der Waals surface area contributed by atoms with Crippen molar-refractivity contribution in [3.63, 3.8) is 0 Å². The minimum atomic E-state index is -0.795. The van der Waals surface area contributed by atoms with E-state index in [-0.39, 0.29) is 5.75 Å². The number of benzene rings is 2. The molecule has 0 aliphatic carbocycles. The van der Waals surface area contributed by atoms with Gasteiger partial charge in [-0.3, -0.25) is 0 Å². The summed E-state index contributed by atoms with van der Waals surface area (Å²) >= 11 is 9.09. The first-order valence-corrected chi connectivity index (χ1v) is 7.48. The number of nitrogens with one attached hydrogen (secondary N) is 1. The maximum Gasteiger partial charge on any atom is 0.343 e. The highest BCUT2D eigenvalue weighted by Crippen LogP contribution is 2.23. The summed E-state index contributed by atoms with van der Waals surface area (Å²) in [4.78, 5) is 22.8. The largest absolute Gasteiger partial charge is 0.422 e. The number of hydrazone groups is 1. The van der Waals surface area contributed by atoms with Crippen molar-refractivity contribution in [3.8, 4) is 5.75 Å². The van der Waals surface area contributed by atoms with Crippen molar-refractivity contribution >= 4 is 45.7 Å². The molecule has 0 radical (unpaired) electrons. The van der Waals surface area contributed by atoms with Gasteiger partial charge in [-0.15, -0.1) is 0 Å². The topological polar surface area (TPSA) is 93.8 Å². The number of nitrogens with zero attached hydrogens (tertiary/aromatic N) is 1. The second kappa shape index (κ2) is 7.75. The maximum atomic E-state index is 12.1. The molecule has 0 aliphatic heterocycles. The van der Waals surface area contributed by atoms with Crippen LogP contribution < -0.4 is 15.9 Å². The molecule has 3 N–H and O–H groups in total. The van der Waals surface area contributed by atoms with Gasteiger partial charge in [0.1, 0.15) is 5.75 Å². The molecule has 118 valence electrons. The Hall–Kier alpha value is -2.38. The van der Waals surface area contributed by atoms with E-state index in [0.717, 1.165) is 4.47 Å². The summed E-state index contributed by atoms with van der Waals surface area (Å²) < 4.78 is 6.10. The number of rotatable bonds is 4. The maximum absolute atomic E-state index is 12.1. The van der Waals surface area contributed by atoms with E-state index in [4.69, 9.17) is 22.1 Å². The van der Waals surface area contributed by atoms with E-state index >= 15 is 0 Å². The zero-order valence-electron chi connectivity index (χ0n) is 11.6. The fourth-order valence-electron chi connectivity index (χ4n) is 1.62. The Bertz CT molecular complexity index is 763. The van der Waals surface area contributed by atoms with Gasteiger partial charge in [-0.2, -0.15) is 5.10 Å². The number of amides is 2. The second-order valence-electron chi connectivity index (χ2n) is 4.31. The average Bonchev–Trinajstić information content (AvgIpc) is 2.50. The van der Waals surface area contributed by atoms with Crippen molar-refractivity contribution in [2.45, 2.75) is 0 Å². The van der Waals surface area contributed by atoms with Crippen LogP contribution in [0.1, 0.15) is 15.9 Å². The van der Waals surface area contributed by atoms with Crippen LogP contribution in [-0.2, 0) is 0 Å². The van der Waals surface area contributed by atoms with E-state index in [1.54, 1.807) is 42.5 Å². The Morgan fingerprint density at radius 1 is 1.22 bits per heavy atom. The minimum Gasteiger partial charge on any atom is -0.422 e. The molecule has 2 amide bonds. The van der Waals surface area contributed by atoms with Gasteiger partial charge in [-0.25, -0.2) is 15.0 Å². The molecule has 0 aromatic heterocycles. The van der Waals surface area contributed by atoms with Crippen LogP contribution in [0.15, 0.2) is 52.0 Å². The van der Waals surface area contributed by atoms with Crippen LogP contribution in [0.2, 0.25) is 5.02 Å². The molecule has 2 aromatic rings. The average molecular weight is 397 g/mol. The lowest BCUT2D eigenvalue weighted by Gasteiger charge is -2.08. The summed E-state index contributed by atoms with van der Waals surface area (Å²) in [6, 6.07) is 10.5.